The Bertz CT molecular complexity index is 709. The lowest BCUT2D eigenvalue weighted by Gasteiger charge is -2.09. The second-order valence-electron chi connectivity index (χ2n) is 5.87. The van der Waals surface area contributed by atoms with Crippen LogP contribution >= 0.6 is 0 Å². The molecule has 0 N–H and O–H groups in total. The van der Waals surface area contributed by atoms with Gasteiger partial charge in [-0.2, -0.15) is 0 Å². The van der Waals surface area contributed by atoms with Crippen LogP contribution in [0, 0.1) is 6.92 Å². The van der Waals surface area contributed by atoms with Crippen molar-refractivity contribution in [2.24, 2.45) is 0 Å². The van der Waals surface area contributed by atoms with E-state index < -0.39 is 0 Å². The summed E-state index contributed by atoms with van der Waals surface area (Å²) in [5.74, 6) is 0. The van der Waals surface area contributed by atoms with Crippen LogP contribution in [0.5, 0.6) is 0 Å². The van der Waals surface area contributed by atoms with Gasteiger partial charge in [-0.15, -0.1) is 0 Å². The molecule has 23 heavy (non-hydrogen) atoms. The van der Waals surface area contributed by atoms with Crippen molar-refractivity contribution in [2.75, 3.05) is 0 Å². The number of hydrogen-bond donors (Lipinski definition) is 0. The normalized spacial score (nSPS) is 10.3. The van der Waals surface area contributed by atoms with Crippen molar-refractivity contribution in [3.63, 3.8) is 0 Å². The third kappa shape index (κ3) is 4.20. The quantitative estimate of drug-likeness (QED) is 0.537. The molecule has 0 saturated carbocycles. The number of aryl methyl sites for hydroxylation is 2. The van der Waals surface area contributed by atoms with Crippen molar-refractivity contribution in [1.29, 1.82) is 0 Å². The summed E-state index contributed by atoms with van der Waals surface area (Å²) in [5, 5.41) is 0. The maximum absolute atomic E-state index is 2.37. The van der Waals surface area contributed by atoms with Crippen molar-refractivity contribution >= 4 is 5.57 Å². The fourth-order valence-corrected chi connectivity index (χ4v) is 2.78. The standard InChI is InChI=1S/C23H22/c1-19-15-17-20(18-16-19)9-8-14-23(21-10-4-2-5-11-21)22-12-6-3-7-13-22/h2-7,10-18H,8-9H2,1H3. The van der Waals surface area contributed by atoms with Gasteiger partial charge in [-0.1, -0.05) is 96.6 Å². The average molecular weight is 298 g/mol. The molecule has 0 heterocycles. The van der Waals surface area contributed by atoms with Crippen LogP contribution in [0.3, 0.4) is 0 Å². The van der Waals surface area contributed by atoms with Crippen LogP contribution in [0.2, 0.25) is 0 Å². The van der Waals surface area contributed by atoms with Crippen molar-refractivity contribution in [3.8, 4) is 0 Å². The maximum Gasteiger partial charge on any atom is -0.0151 e. The van der Waals surface area contributed by atoms with Gasteiger partial charge in [0.15, 0.2) is 0 Å². The lowest BCUT2D eigenvalue weighted by atomic mass is 9.96. The van der Waals surface area contributed by atoms with Crippen LogP contribution < -0.4 is 0 Å². The largest absolute Gasteiger partial charge is 0.0757 e. The summed E-state index contributed by atoms with van der Waals surface area (Å²) in [7, 11) is 0. The molecule has 0 fully saturated rings. The molecule has 0 unspecified atom stereocenters. The van der Waals surface area contributed by atoms with Crippen molar-refractivity contribution in [2.45, 2.75) is 19.8 Å². The number of rotatable bonds is 5. The van der Waals surface area contributed by atoms with E-state index in [1.807, 2.05) is 0 Å². The van der Waals surface area contributed by atoms with E-state index in [0.29, 0.717) is 0 Å². The maximum atomic E-state index is 2.37. The van der Waals surface area contributed by atoms with Crippen LogP contribution in [-0.2, 0) is 6.42 Å². The first kappa shape index (κ1) is 15.3. The second-order valence-corrected chi connectivity index (χ2v) is 5.87. The fourth-order valence-electron chi connectivity index (χ4n) is 2.78. The van der Waals surface area contributed by atoms with Gasteiger partial charge < -0.3 is 0 Å². The highest BCUT2D eigenvalue weighted by Crippen LogP contribution is 2.24. The molecular formula is C23H22. The molecular weight excluding hydrogens is 276 g/mol. The third-order valence-corrected chi connectivity index (χ3v) is 4.07. The molecule has 3 aromatic carbocycles. The molecule has 0 aliphatic heterocycles. The summed E-state index contributed by atoms with van der Waals surface area (Å²) in [5.41, 5.74) is 6.59. The number of benzene rings is 3. The summed E-state index contributed by atoms with van der Waals surface area (Å²) >= 11 is 0. The first-order valence-corrected chi connectivity index (χ1v) is 8.19. The van der Waals surface area contributed by atoms with Gasteiger partial charge in [0.1, 0.15) is 0 Å². The van der Waals surface area contributed by atoms with Crippen molar-refractivity contribution in [1.82, 2.24) is 0 Å². The molecule has 114 valence electrons. The van der Waals surface area contributed by atoms with Crippen molar-refractivity contribution < 1.29 is 0 Å². The molecule has 0 heteroatoms. The Hall–Kier alpha value is -2.60. The SMILES string of the molecule is Cc1ccc(CCC=C(c2ccccc2)c2ccccc2)cc1. The Morgan fingerprint density at radius 2 is 1.22 bits per heavy atom. The summed E-state index contributed by atoms with van der Waals surface area (Å²) in [4.78, 5) is 0. The number of allylic oxidation sites excluding steroid dienone is 1. The van der Waals surface area contributed by atoms with Gasteiger partial charge in [0.25, 0.3) is 0 Å². The van der Waals surface area contributed by atoms with Gasteiger partial charge in [0.2, 0.25) is 0 Å². The molecule has 0 radical (unpaired) electrons. The molecule has 0 atom stereocenters. The first-order valence-electron chi connectivity index (χ1n) is 8.19. The van der Waals surface area contributed by atoms with Gasteiger partial charge >= 0.3 is 0 Å². The summed E-state index contributed by atoms with van der Waals surface area (Å²) in [6.07, 6.45) is 4.48. The van der Waals surface area contributed by atoms with E-state index in [1.54, 1.807) is 0 Å². The number of hydrogen-bond acceptors (Lipinski definition) is 0. The smallest absolute Gasteiger partial charge is 0.0151 e. The van der Waals surface area contributed by atoms with Crippen molar-refractivity contribution in [3.05, 3.63) is 113 Å². The lowest BCUT2D eigenvalue weighted by Crippen LogP contribution is -1.89. The first-order chi connectivity index (χ1) is 11.3. The topological polar surface area (TPSA) is 0 Å². The summed E-state index contributed by atoms with van der Waals surface area (Å²) in [6, 6.07) is 30.1. The lowest BCUT2D eigenvalue weighted by molar-refractivity contribution is 1.00. The van der Waals surface area contributed by atoms with Crippen LogP contribution in [0.4, 0.5) is 0 Å². The highest BCUT2D eigenvalue weighted by molar-refractivity contribution is 5.79. The van der Waals surface area contributed by atoms with E-state index in [9.17, 15) is 0 Å². The molecule has 0 saturated heterocycles. The Morgan fingerprint density at radius 1 is 0.696 bits per heavy atom. The predicted octanol–water partition coefficient (Wildman–Crippen LogP) is 6.06. The van der Waals surface area contributed by atoms with E-state index in [1.165, 1.54) is 27.8 Å². The van der Waals surface area contributed by atoms with Gasteiger partial charge in [-0.05, 0) is 42.0 Å². The Kier molecular flexibility index (Phi) is 5.06. The zero-order chi connectivity index (χ0) is 15.9. The molecule has 3 rings (SSSR count). The minimum Gasteiger partial charge on any atom is -0.0757 e. The summed E-state index contributed by atoms with van der Waals surface area (Å²) in [6.45, 7) is 2.13. The monoisotopic (exact) mass is 298 g/mol. The molecule has 0 amide bonds. The fraction of sp³-hybridized carbons (Fsp3) is 0.130. The molecule has 0 aliphatic rings. The summed E-state index contributed by atoms with van der Waals surface area (Å²) < 4.78 is 0. The molecule has 0 nitrogen and oxygen atoms in total. The van der Waals surface area contributed by atoms with Crippen LogP contribution in [0.1, 0.15) is 28.7 Å². The molecule has 0 aromatic heterocycles. The minimum absolute atomic E-state index is 1.04. The van der Waals surface area contributed by atoms with Gasteiger partial charge in [-0.3, -0.25) is 0 Å². The third-order valence-electron chi connectivity index (χ3n) is 4.07. The van der Waals surface area contributed by atoms with Gasteiger partial charge in [-0.25, -0.2) is 0 Å². The van der Waals surface area contributed by atoms with E-state index >= 15 is 0 Å². The van der Waals surface area contributed by atoms with E-state index in [-0.39, 0.29) is 0 Å². The van der Waals surface area contributed by atoms with Gasteiger partial charge in [0, 0.05) is 0 Å². The molecule has 3 aromatic rings. The van der Waals surface area contributed by atoms with E-state index in [0.717, 1.165) is 12.8 Å². The highest BCUT2D eigenvalue weighted by Gasteiger charge is 2.03. The second kappa shape index (κ2) is 7.60. The minimum atomic E-state index is 1.04. The Morgan fingerprint density at radius 3 is 1.74 bits per heavy atom. The zero-order valence-electron chi connectivity index (χ0n) is 13.6. The van der Waals surface area contributed by atoms with Crippen LogP contribution in [0.15, 0.2) is 91.0 Å². The Labute approximate surface area is 139 Å². The van der Waals surface area contributed by atoms with Crippen LogP contribution in [0.25, 0.3) is 5.57 Å². The molecule has 0 aliphatic carbocycles. The van der Waals surface area contributed by atoms with Gasteiger partial charge in [0.05, 0.1) is 0 Å². The average Bonchev–Trinajstić information content (AvgIpc) is 2.62. The Balaban J connectivity index is 1.82. The molecule has 0 spiro atoms. The molecule has 0 bridgehead atoms. The zero-order valence-corrected chi connectivity index (χ0v) is 13.6. The van der Waals surface area contributed by atoms with Crippen LogP contribution in [-0.4, -0.2) is 0 Å². The van der Waals surface area contributed by atoms with E-state index in [2.05, 4.69) is 97.9 Å². The predicted molar refractivity (Wildman–Crippen MR) is 99.5 cm³/mol. The highest BCUT2D eigenvalue weighted by atomic mass is 14.1. The van der Waals surface area contributed by atoms with E-state index in [4.69, 9.17) is 0 Å².